The minimum absolute atomic E-state index is 0.212. The summed E-state index contributed by atoms with van der Waals surface area (Å²) < 4.78 is 4.70. The van der Waals surface area contributed by atoms with Gasteiger partial charge in [0.15, 0.2) is 0 Å². The van der Waals surface area contributed by atoms with E-state index < -0.39 is 12.0 Å². The Morgan fingerprint density at radius 1 is 1.62 bits per heavy atom. The molecule has 13 heavy (non-hydrogen) atoms. The highest BCUT2D eigenvalue weighted by atomic mass is 16.5. The lowest BCUT2D eigenvalue weighted by Crippen LogP contribution is -2.39. The number of ether oxygens (including phenoxy) is 1. The van der Waals surface area contributed by atoms with Gasteiger partial charge in [0, 0.05) is 6.42 Å². The van der Waals surface area contributed by atoms with Crippen LogP contribution in [0.25, 0.3) is 0 Å². The molecule has 0 aliphatic heterocycles. The predicted octanol–water partition coefficient (Wildman–Crippen LogP) is 0.630. The first-order valence-corrected chi connectivity index (χ1v) is 4.18. The second-order valence-electron chi connectivity index (χ2n) is 2.53. The van der Waals surface area contributed by atoms with Crippen molar-refractivity contribution < 1.29 is 14.3 Å². The summed E-state index contributed by atoms with van der Waals surface area (Å²) in [4.78, 5) is 22.0. The van der Waals surface area contributed by atoms with Gasteiger partial charge in [-0.2, -0.15) is 0 Å². The molecule has 0 saturated heterocycles. The molecule has 74 valence electrons. The molecule has 1 amide bonds. The molecule has 0 bridgehead atoms. The van der Waals surface area contributed by atoms with Crippen molar-refractivity contribution in [1.29, 1.82) is 0 Å². The SMILES string of the molecule is C=CCC(=O)NC(C)C(=O)OCC. The van der Waals surface area contributed by atoms with Crippen molar-refractivity contribution in [2.24, 2.45) is 0 Å². The summed E-state index contributed by atoms with van der Waals surface area (Å²) in [7, 11) is 0. The summed E-state index contributed by atoms with van der Waals surface area (Å²) >= 11 is 0. The highest BCUT2D eigenvalue weighted by molar-refractivity contribution is 5.84. The van der Waals surface area contributed by atoms with E-state index in [9.17, 15) is 9.59 Å². The third-order valence-corrected chi connectivity index (χ3v) is 1.35. The monoisotopic (exact) mass is 185 g/mol. The zero-order valence-electron chi connectivity index (χ0n) is 8.00. The van der Waals surface area contributed by atoms with Gasteiger partial charge < -0.3 is 10.1 Å². The van der Waals surface area contributed by atoms with Gasteiger partial charge >= 0.3 is 5.97 Å². The fraction of sp³-hybridized carbons (Fsp3) is 0.556. The Morgan fingerprint density at radius 2 is 2.23 bits per heavy atom. The summed E-state index contributed by atoms with van der Waals surface area (Å²) in [5.41, 5.74) is 0. The van der Waals surface area contributed by atoms with E-state index in [1.807, 2.05) is 0 Å². The zero-order valence-corrected chi connectivity index (χ0v) is 8.00. The second kappa shape index (κ2) is 6.22. The smallest absolute Gasteiger partial charge is 0.328 e. The van der Waals surface area contributed by atoms with Gasteiger partial charge in [-0.1, -0.05) is 6.08 Å². The van der Waals surface area contributed by atoms with Crippen LogP contribution >= 0.6 is 0 Å². The number of carbonyl (C=O) groups excluding carboxylic acids is 2. The van der Waals surface area contributed by atoms with E-state index in [-0.39, 0.29) is 12.3 Å². The van der Waals surface area contributed by atoms with E-state index in [1.165, 1.54) is 6.08 Å². The van der Waals surface area contributed by atoms with Crippen molar-refractivity contribution in [2.75, 3.05) is 6.61 Å². The molecule has 0 aromatic carbocycles. The van der Waals surface area contributed by atoms with Crippen LogP contribution in [0, 0.1) is 0 Å². The maximum absolute atomic E-state index is 11.0. The molecule has 0 aliphatic rings. The number of nitrogens with one attached hydrogen (secondary N) is 1. The quantitative estimate of drug-likeness (QED) is 0.505. The molecule has 0 heterocycles. The minimum Gasteiger partial charge on any atom is -0.464 e. The van der Waals surface area contributed by atoms with E-state index in [4.69, 9.17) is 4.74 Å². The van der Waals surface area contributed by atoms with Crippen LogP contribution in [0.1, 0.15) is 20.3 Å². The van der Waals surface area contributed by atoms with Crippen LogP contribution in [0.4, 0.5) is 0 Å². The molecule has 0 aromatic heterocycles. The molecular weight excluding hydrogens is 170 g/mol. The van der Waals surface area contributed by atoms with Crippen LogP contribution in [-0.2, 0) is 14.3 Å². The molecule has 0 spiro atoms. The first kappa shape index (κ1) is 11.7. The first-order chi connectivity index (χ1) is 6.11. The summed E-state index contributed by atoms with van der Waals surface area (Å²) in [6.45, 7) is 7.03. The molecule has 0 aromatic rings. The molecule has 4 heteroatoms. The fourth-order valence-corrected chi connectivity index (χ4v) is 0.758. The standard InChI is InChI=1S/C9H15NO3/c1-4-6-8(11)10-7(3)9(12)13-5-2/h4,7H,1,5-6H2,2-3H3,(H,10,11). The highest BCUT2D eigenvalue weighted by Crippen LogP contribution is 1.89. The summed E-state index contributed by atoms with van der Waals surface area (Å²) in [6.07, 6.45) is 1.69. The molecule has 1 atom stereocenters. The van der Waals surface area contributed by atoms with Gasteiger partial charge in [-0.3, -0.25) is 4.79 Å². The molecule has 0 radical (unpaired) electrons. The van der Waals surface area contributed by atoms with Crippen LogP contribution in [-0.4, -0.2) is 24.5 Å². The lowest BCUT2D eigenvalue weighted by atomic mass is 10.3. The number of hydrogen-bond donors (Lipinski definition) is 1. The fourth-order valence-electron chi connectivity index (χ4n) is 0.758. The van der Waals surface area contributed by atoms with E-state index in [1.54, 1.807) is 13.8 Å². The van der Waals surface area contributed by atoms with E-state index in [0.717, 1.165) is 0 Å². The number of amides is 1. The molecule has 4 nitrogen and oxygen atoms in total. The topological polar surface area (TPSA) is 55.4 Å². The normalized spacial score (nSPS) is 11.5. The van der Waals surface area contributed by atoms with E-state index in [2.05, 4.69) is 11.9 Å². The zero-order chi connectivity index (χ0) is 10.3. The number of hydrogen-bond acceptors (Lipinski definition) is 3. The van der Waals surface area contributed by atoms with Crippen LogP contribution in [0.2, 0.25) is 0 Å². The van der Waals surface area contributed by atoms with Gasteiger partial charge in [0.25, 0.3) is 0 Å². The molecule has 1 unspecified atom stereocenters. The van der Waals surface area contributed by atoms with Gasteiger partial charge in [-0.15, -0.1) is 6.58 Å². The van der Waals surface area contributed by atoms with Gasteiger partial charge in [0.05, 0.1) is 6.61 Å². The third-order valence-electron chi connectivity index (χ3n) is 1.35. The Labute approximate surface area is 78.0 Å². The minimum atomic E-state index is -0.590. The van der Waals surface area contributed by atoms with Crippen LogP contribution in [0.3, 0.4) is 0 Å². The molecule has 1 N–H and O–H groups in total. The Hall–Kier alpha value is -1.32. The van der Waals surface area contributed by atoms with Gasteiger partial charge in [-0.25, -0.2) is 4.79 Å². The molecule has 0 aliphatic carbocycles. The lowest BCUT2D eigenvalue weighted by Gasteiger charge is -2.11. The van der Waals surface area contributed by atoms with Crippen molar-refractivity contribution in [1.82, 2.24) is 5.32 Å². The second-order valence-corrected chi connectivity index (χ2v) is 2.53. The maximum atomic E-state index is 11.0. The van der Waals surface area contributed by atoms with E-state index in [0.29, 0.717) is 6.61 Å². The molecule has 0 rings (SSSR count). The van der Waals surface area contributed by atoms with Crippen molar-refractivity contribution in [3.63, 3.8) is 0 Å². The van der Waals surface area contributed by atoms with Crippen LogP contribution < -0.4 is 5.32 Å². The first-order valence-electron chi connectivity index (χ1n) is 4.18. The molecular formula is C9H15NO3. The Kier molecular flexibility index (Phi) is 5.59. The summed E-state index contributed by atoms with van der Waals surface area (Å²) in [5, 5.41) is 2.48. The summed E-state index contributed by atoms with van der Waals surface area (Å²) in [6, 6.07) is -0.590. The largest absolute Gasteiger partial charge is 0.464 e. The Bertz CT molecular complexity index is 201. The Morgan fingerprint density at radius 3 is 2.69 bits per heavy atom. The number of rotatable bonds is 5. The maximum Gasteiger partial charge on any atom is 0.328 e. The molecule has 0 fully saturated rings. The van der Waals surface area contributed by atoms with Gasteiger partial charge in [0.1, 0.15) is 6.04 Å². The molecule has 0 saturated carbocycles. The summed E-state index contributed by atoms with van der Waals surface area (Å²) in [5.74, 6) is -0.643. The van der Waals surface area contributed by atoms with Crippen molar-refractivity contribution >= 4 is 11.9 Å². The highest BCUT2D eigenvalue weighted by Gasteiger charge is 2.15. The third kappa shape index (κ3) is 5.00. The van der Waals surface area contributed by atoms with Crippen molar-refractivity contribution in [2.45, 2.75) is 26.3 Å². The lowest BCUT2D eigenvalue weighted by molar-refractivity contribution is -0.146. The van der Waals surface area contributed by atoms with Gasteiger partial charge in [-0.05, 0) is 13.8 Å². The van der Waals surface area contributed by atoms with Crippen LogP contribution in [0.5, 0.6) is 0 Å². The average Bonchev–Trinajstić information content (AvgIpc) is 2.05. The number of esters is 1. The van der Waals surface area contributed by atoms with Crippen molar-refractivity contribution in [3.05, 3.63) is 12.7 Å². The van der Waals surface area contributed by atoms with Crippen LogP contribution in [0.15, 0.2) is 12.7 Å². The Balaban J connectivity index is 3.84. The van der Waals surface area contributed by atoms with Crippen molar-refractivity contribution in [3.8, 4) is 0 Å². The van der Waals surface area contributed by atoms with E-state index >= 15 is 0 Å². The number of carbonyl (C=O) groups is 2. The average molecular weight is 185 g/mol. The predicted molar refractivity (Wildman–Crippen MR) is 49.1 cm³/mol. The van der Waals surface area contributed by atoms with Gasteiger partial charge in [0.2, 0.25) is 5.91 Å².